The molecule has 2 aromatic carbocycles. The van der Waals surface area contributed by atoms with Gasteiger partial charge in [0.1, 0.15) is 0 Å². The van der Waals surface area contributed by atoms with E-state index in [1.807, 2.05) is 49.4 Å². The summed E-state index contributed by atoms with van der Waals surface area (Å²) in [5, 5.41) is 0. The van der Waals surface area contributed by atoms with Crippen LogP contribution in [0.1, 0.15) is 18.1 Å². The Hall–Kier alpha value is -1.87. The van der Waals surface area contributed by atoms with Crippen molar-refractivity contribution in [3.8, 4) is 0 Å². The van der Waals surface area contributed by atoms with Crippen LogP contribution in [0.5, 0.6) is 0 Å². The van der Waals surface area contributed by atoms with Gasteiger partial charge >= 0.3 is 0 Å². The van der Waals surface area contributed by atoms with Gasteiger partial charge in [0, 0.05) is 4.91 Å². The van der Waals surface area contributed by atoms with Gasteiger partial charge in [-0.3, -0.25) is 0 Å². The Morgan fingerprint density at radius 3 is 2.11 bits per heavy atom. The molecule has 19 heavy (non-hydrogen) atoms. The van der Waals surface area contributed by atoms with Crippen molar-refractivity contribution in [1.82, 2.24) is 0 Å². The Bertz CT molecular complexity index is 681. The molecule has 0 unspecified atom stereocenters. The third kappa shape index (κ3) is 3.12. The summed E-state index contributed by atoms with van der Waals surface area (Å²) in [7, 11) is -3.39. The highest BCUT2D eigenvalue weighted by atomic mass is 32.2. The maximum Gasteiger partial charge on any atom is 0.202 e. The van der Waals surface area contributed by atoms with Gasteiger partial charge in [0.2, 0.25) is 9.84 Å². The van der Waals surface area contributed by atoms with Gasteiger partial charge in [-0.15, -0.1) is 0 Å². The van der Waals surface area contributed by atoms with Crippen LogP contribution in [-0.4, -0.2) is 8.42 Å². The van der Waals surface area contributed by atoms with E-state index in [0.29, 0.717) is 9.80 Å². The van der Waals surface area contributed by atoms with E-state index in [0.717, 1.165) is 11.1 Å². The van der Waals surface area contributed by atoms with Crippen LogP contribution in [0.25, 0.3) is 6.08 Å². The van der Waals surface area contributed by atoms with Gasteiger partial charge in [-0.2, -0.15) is 0 Å². The molecule has 0 amide bonds. The predicted molar refractivity (Wildman–Crippen MR) is 78.5 cm³/mol. The molecule has 0 aliphatic heterocycles. The molecule has 0 saturated heterocycles. The van der Waals surface area contributed by atoms with Crippen molar-refractivity contribution in [2.45, 2.75) is 18.7 Å². The first kappa shape index (κ1) is 13.6. The lowest BCUT2D eigenvalue weighted by molar-refractivity contribution is 0.602. The third-order valence-electron chi connectivity index (χ3n) is 2.92. The maximum atomic E-state index is 12.4. The van der Waals surface area contributed by atoms with Crippen molar-refractivity contribution in [2.75, 3.05) is 0 Å². The van der Waals surface area contributed by atoms with Gasteiger partial charge in [-0.1, -0.05) is 48.0 Å². The number of sulfone groups is 1. The molecule has 0 heterocycles. The zero-order valence-electron chi connectivity index (χ0n) is 11.0. The van der Waals surface area contributed by atoms with Crippen LogP contribution in [0.2, 0.25) is 0 Å². The Labute approximate surface area is 114 Å². The molecule has 0 aliphatic rings. The molecule has 0 bridgehead atoms. The monoisotopic (exact) mass is 272 g/mol. The SMILES string of the molecule is CC(=Cc1ccccc1)S(=O)(=O)c1ccc(C)cc1. The number of aryl methyl sites for hydroxylation is 1. The molecular formula is C16H16O2S. The van der Waals surface area contributed by atoms with Gasteiger partial charge in [0.25, 0.3) is 0 Å². The quantitative estimate of drug-likeness (QED) is 0.851. The standard InChI is InChI=1S/C16H16O2S/c1-13-8-10-16(11-9-13)19(17,18)14(2)12-15-6-4-3-5-7-15/h3-12H,1-2H3. The minimum atomic E-state index is -3.39. The fourth-order valence-electron chi connectivity index (χ4n) is 1.76. The molecule has 3 heteroatoms. The van der Waals surface area contributed by atoms with Gasteiger partial charge < -0.3 is 0 Å². The van der Waals surface area contributed by atoms with Gasteiger partial charge in [-0.05, 0) is 37.6 Å². The van der Waals surface area contributed by atoms with Gasteiger partial charge in [0.15, 0.2) is 0 Å². The summed E-state index contributed by atoms with van der Waals surface area (Å²) < 4.78 is 24.8. The molecule has 2 aromatic rings. The highest BCUT2D eigenvalue weighted by Gasteiger charge is 2.16. The maximum absolute atomic E-state index is 12.4. The summed E-state index contributed by atoms with van der Waals surface area (Å²) in [5.74, 6) is 0. The van der Waals surface area contributed by atoms with Crippen molar-refractivity contribution < 1.29 is 8.42 Å². The predicted octanol–water partition coefficient (Wildman–Crippen LogP) is 3.83. The lowest BCUT2D eigenvalue weighted by Gasteiger charge is -2.05. The second kappa shape index (κ2) is 5.41. The molecule has 0 aliphatic carbocycles. The number of hydrogen-bond acceptors (Lipinski definition) is 2. The summed E-state index contributed by atoms with van der Waals surface area (Å²) in [6, 6.07) is 16.4. The molecule has 2 nitrogen and oxygen atoms in total. The van der Waals surface area contributed by atoms with Crippen molar-refractivity contribution in [3.63, 3.8) is 0 Å². The van der Waals surface area contributed by atoms with Crippen molar-refractivity contribution in [3.05, 3.63) is 70.6 Å². The van der Waals surface area contributed by atoms with Crippen LogP contribution >= 0.6 is 0 Å². The summed E-state index contributed by atoms with van der Waals surface area (Å²) in [4.78, 5) is 0.685. The molecular weight excluding hydrogens is 256 g/mol. The lowest BCUT2D eigenvalue weighted by atomic mass is 10.2. The van der Waals surface area contributed by atoms with Gasteiger partial charge in [0.05, 0.1) is 4.90 Å². The minimum absolute atomic E-state index is 0.336. The Balaban J connectivity index is 2.40. The highest BCUT2D eigenvalue weighted by molar-refractivity contribution is 7.95. The second-order valence-electron chi connectivity index (χ2n) is 4.48. The second-order valence-corrected chi connectivity index (χ2v) is 6.60. The molecule has 0 radical (unpaired) electrons. The number of allylic oxidation sites excluding steroid dienone is 1. The summed E-state index contributed by atoms with van der Waals surface area (Å²) in [6.07, 6.45) is 1.69. The molecule has 0 atom stereocenters. The third-order valence-corrected chi connectivity index (χ3v) is 4.78. The molecule has 0 saturated carbocycles. The van der Waals surface area contributed by atoms with E-state index >= 15 is 0 Å². The van der Waals surface area contributed by atoms with Crippen LogP contribution in [0, 0.1) is 6.92 Å². The topological polar surface area (TPSA) is 34.1 Å². The summed E-state index contributed by atoms with van der Waals surface area (Å²) in [6.45, 7) is 3.56. The van der Waals surface area contributed by atoms with Crippen LogP contribution in [-0.2, 0) is 9.84 Å². The van der Waals surface area contributed by atoms with E-state index in [1.165, 1.54) is 0 Å². The van der Waals surface area contributed by atoms with Crippen molar-refractivity contribution in [2.24, 2.45) is 0 Å². The lowest BCUT2D eigenvalue weighted by Crippen LogP contribution is -2.02. The first-order valence-electron chi connectivity index (χ1n) is 6.05. The fraction of sp³-hybridized carbons (Fsp3) is 0.125. The Morgan fingerprint density at radius 2 is 1.53 bits per heavy atom. The van der Waals surface area contributed by atoms with E-state index in [9.17, 15) is 8.42 Å². The number of benzene rings is 2. The van der Waals surface area contributed by atoms with Crippen LogP contribution < -0.4 is 0 Å². The molecule has 0 aromatic heterocycles. The van der Waals surface area contributed by atoms with Crippen LogP contribution in [0.3, 0.4) is 0 Å². The molecule has 98 valence electrons. The summed E-state index contributed by atoms with van der Waals surface area (Å²) in [5.41, 5.74) is 1.93. The van der Waals surface area contributed by atoms with Crippen LogP contribution in [0.4, 0.5) is 0 Å². The fourth-order valence-corrected chi connectivity index (χ4v) is 2.92. The zero-order chi connectivity index (χ0) is 13.9. The van der Waals surface area contributed by atoms with Crippen molar-refractivity contribution >= 4 is 15.9 Å². The van der Waals surface area contributed by atoms with Crippen LogP contribution in [0.15, 0.2) is 64.4 Å². The average molecular weight is 272 g/mol. The van der Waals surface area contributed by atoms with E-state index in [4.69, 9.17) is 0 Å². The number of rotatable bonds is 3. The van der Waals surface area contributed by atoms with E-state index in [1.54, 1.807) is 25.1 Å². The highest BCUT2D eigenvalue weighted by Crippen LogP contribution is 2.21. The first-order chi connectivity index (χ1) is 9.00. The Kier molecular flexibility index (Phi) is 3.86. The van der Waals surface area contributed by atoms with E-state index < -0.39 is 9.84 Å². The van der Waals surface area contributed by atoms with E-state index in [-0.39, 0.29) is 0 Å². The first-order valence-corrected chi connectivity index (χ1v) is 7.53. The molecule has 2 rings (SSSR count). The normalized spacial score (nSPS) is 12.4. The largest absolute Gasteiger partial charge is 0.219 e. The minimum Gasteiger partial charge on any atom is -0.219 e. The molecule has 0 fully saturated rings. The van der Waals surface area contributed by atoms with Crippen molar-refractivity contribution in [1.29, 1.82) is 0 Å². The summed E-state index contributed by atoms with van der Waals surface area (Å²) >= 11 is 0. The number of hydrogen-bond donors (Lipinski definition) is 0. The van der Waals surface area contributed by atoms with E-state index in [2.05, 4.69) is 0 Å². The molecule has 0 N–H and O–H groups in total. The average Bonchev–Trinajstić information content (AvgIpc) is 2.40. The zero-order valence-corrected chi connectivity index (χ0v) is 11.8. The smallest absolute Gasteiger partial charge is 0.202 e. The van der Waals surface area contributed by atoms with Gasteiger partial charge in [-0.25, -0.2) is 8.42 Å². The molecule has 0 spiro atoms. The Morgan fingerprint density at radius 1 is 0.947 bits per heavy atom.